The van der Waals surface area contributed by atoms with Crippen molar-refractivity contribution in [3.05, 3.63) is 47.9 Å². The number of amides is 1. The van der Waals surface area contributed by atoms with E-state index in [0.717, 1.165) is 23.1 Å². The van der Waals surface area contributed by atoms with Crippen molar-refractivity contribution in [2.75, 3.05) is 13.1 Å². The van der Waals surface area contributed by atoms with Crippen LogP contribution in [0.15, 0.2) is 36.5 Å². The van der Waals surface area contributed by atoms with E-state index in [4.69, 9.17) is 0 Å². The largest absolute Gasteiger partial charge is 0.349 e. The molecule has 1 saturated carbocycles. The molecule has 0 unspecified atom stereocenters. The number of nitrogens with one attached hydrogen (secondary N) is 2. The summed E-state index contributed by atoms with van der Waals surface area (Å²) < 4.78 is 1.69. The molecule has 1 amide bonds. The number of carbonyl (C=O) groups is 1. The maximum Gasteiger partial charge on any atom is 0.273 e. The van der Waals surface area contributed by atoms with E-state index in [1.54, 1.807) is 10.9 Å². The number of pyridine rings is 1. The van der Waals surface area contributed by atoms with Gasteiger partial charge >= 0.3 is 0 Å². The summed E-state index contributed by atoms with van der Waals surface area (Å²) in [5.41, 5.74) is 2.72. The first-order valence-electron chi connectivity index (χ1n) is 10.5. The van der Waals surface area contributed by atoms with Gasteiger partial charge in [0.2, 0.25) is 0 Å². The Labute approximate surface area is 170 Å². The van der Waals surface area contributed by atoms with Crippen LogP contribution in [-0.4, -0.2) is 45.0 Å². The Morgan fingerprint density at radius 2 is 1.90 bits per heavy atom. The molecule has 152 valence electrons. The molecular weight excluding hydrogens is 364 g/mol. The van der Waals surface area contributed by atoms with Crippen molar-refractivity contribution in [2.45, 2.75) is 51.5 Å². The highest BCUT2D eigenvalue weighted by Crippen LogP contribution is 2.21. The number of benzene rings is 1. The summed E-state index contributed by atoms with van der Waals surface area (Å²) in [7, 11) is 0. The fourth-order valence-corrected chi connectivity index (χ4v) is 4.05. The van der Waals surface area contributed by atoms with Crippen LogP contribution < -0.4 is 10.6 Å². The topological polar surface area (TPSA) is 84.7 Å². The number of carbonyl (C=O) groups excluding carboxylic acids is 1. The molecule has 1 aromatic carbocycles. The Morgan fingerprint density at radius 3 is 2.72 bits per heavy atom. The van der Waals surface area contributed by atoms with Gasteiger partial charge < -0.3 is 10.6 Å². The van der Waals surface area contributed by atoms with Crippen molar-refractivity contribution in [1.29, 1.82) is 0 Å². The van der Waals surface area contributed by atoms with Crippen LogP contribution in [-0.2, 0) is 0 Å². The van der Waals surface area contributed by atoms with Gasteiger partial charge in [-0.25, -0.2) is 4.68 Å². The van der Waals surface area contributed by atoms with Gasteiger partial charge in [0.25, 0.3) is 5.91 Å². The average Bonchev–Trinajstić information content (AvgIpc) is 2.95. The molecule has 2 aromatic heterocycles. The van der Waals surface area contributed by atoms with Gasteiger partial charge in [-0.3, -0.25) is 9.78 Å². The quantitative estimate of drug-likeness (QED) is 0.497. The summed E-state index contributed by atoms with van der Waals surface area (Å²) in [5, 5.41) is 15.9. The van der Waals surface area contributed by atoms with E-state index in [0.29, 0.717) is 24.0 Å². The van der Waals surface area contributed by atoms with Crippen LogP contribution in [0.2, 0.25) is 0 Å². The van der Waals surface area contributed by atoms with Crippen LogP contribution in [0.3, 0.4) is 0 Å². The number of hydrogen-bond donors (Lipinski definition) is 2. The van der Waals surface area contributed by atoms with E-state index in [-0.39, 0.29) is 5.91 Å². The highest BCUT2D eigenvalue weighted by molar-refractivity contribution is 5.93. The maximum atomic E-state index is 12.6. The van der Waals surface area contributed by atoms with E-state index in [1.165, 1.54) is 38.5 Å². The molecule has 1 aliphatic carbocycles. The number of hydrogen-bond acceptors (Lipinski definition) is 5. The molecule has 2 N–H and O–H groups in total. The third-order valence-corrected chi connectivity index (χ3v) is 5.65. The molecule has 29 heavy (non-hydrogen) atoms. The van der Waals surface area contributed by atoms with Gasteiger partial charge in [-0.2, -0.15) is 0 Å². The molecule has 4 rings (SSSR count). The minimum Gasteiger partial charge on any atom is -0.349 e. The third kappa shape index (κ3) is 4.45. The molecule has 7 nitrogen and oxygen atoms in total. The number of para-hydroxylation sites is 1. The predicted molar refractivity (Wildman–Crippen MR) is 113 cm³/mol. The van der Waals surface area contributed by atoms with Crippen molar-refractivity contribution in [3.8, 4) is 5.69 Å². The molecule has 7 heteroatoms. The summed E-state index contributed by atoms with van der Waals surface area (Å²) in [6.45, 7) is 3.22. The zero-order chi connectivity index (χ0) is 20.1. The summed E-state index contributed by atoms with van der Waals surface area (Å²) in [6.07, 6.45) is 9.52. The molecule has 0 aliphatic heterocycles. The van der Waals surface area contributed by atoms with Crippen molar-refractivity contribution < 1.29 is 4.79 Å². The molecule has 1 fully saturated rings. The number of aromatic nitrogens is 4. The van der Waals surface area contributed by atoms with Gasteiger partial charge in [-0.1, -0.05) is 49.1 Å². The van der Waals surface area contributed by atoms with Gasteiger partial charge in [-0.05, 0) is 31.9 Å². The van der Waals surface area contributed by atoms with E-state index in [9.17, 15) is 4.79 Å². The van der Waals surface area contributed by atoms with Gasteiger partial charge in [-0.15, -0.1) is 5.10 Å². The second kappa shape index (κ2) is 9.13. The van der Waals surface area contributed by atoms with Crippen LogP contribution in [0, 0.1) is 6.92 Å². The van der Waals surface area contributed by atoms with Crippen LogP contribution in [0.25, 0.3) is 16.6 Å². The fraction of sp³-hybridized carbons (Fsp3) is 0.455. The maximum absolute atomic E-state index is 12.6. The lowest BCUT2D eigenvalue weighted by atomic mass is 10.1. The second-order valence-electron chi connectivity index (χ2n) is 7.69. The lowest BCUT2D eigenvalue weighted by molar-refractivity contribution is 0.0948. The van der Waals surface area contributed by atoms with Gasteiger partial charge in [0, 0.05) is 30.7 Å². The summed E-state index contributed by atoms with van der Waals surface area (Å²) in [5.74, 6) is -0.190. The Bertz CT molecular complexity index is 969. The first-order chi connectivity index (χ1) is 14.2. The van der Waals surface area contributed by atoms with Gasteiger partial charge in [0.05, 0.1) is 16.9 Å². The molecule has 3 aromatic rings. The van der Waals surface area contributed by atoms with Crippen molar-refractivity contribution >= 4 is 16.8 Å². The number of fused-ring (bicyclic) bond motifs is 1. The van der Waals surface area contributed by atoms with Crippen molar-refractivity contribution in [3.63, 3.8) is 0 Å². The van der Waals surface area contributed by atoms with E-state index >= 15 is 0 Å². The number of rotatable bonds is 6. The fourth-order valence-electron chi connectivity index (χ4n) is 4.05. The summed E-state index contributed by atoms with van der Waals surface area (Å²) >= 11 is 0. The van der Waals surface area contributed by atoms with E-state index in [2.05, 4.69) is 25.9 Å². The molecule has 0 radical (unpaired) electrons. The number of nitrogens with zero attached hydrogens (tertiary/aromatic N) is 4. The Hall–Kier alpha value is -2.80. The van der Waals surface area contributed by atoms with Crippen LogP contribution in [0.5, 0.6) is 0 Å². The first kappa shape index (κ1) is 19.5. The smallest absolute Gasteiger partial charge is 0.273 e. The standard InChI is InChI=1S/C22H28N6O/c1-16-20(22(29)25-15-14-23-18-10-4-2-3-5-11-18)26-27-28(16)19-12-6-8-17-9-7-13-24-21(17)19/h6-9,12-13,18,23H,2-5,10-11,14-15H2,1H3,(H,25,29). The zero-order valence-corrected chi connectivity index (χ0v) is 16.9. The molecule has 0 spiro atoms. The second-order valence-corrected chi connectivity index (χ2v) is 7.69. The molecular formula is C22H28N6O. The SMILES string of the molecule is Cc1c(C(=O)NCCNC2CCCCCC2)nnn1-c1cccc2cccnc12. The molecule has 0 bridgehead atoms. The van der Waals surface area contributed by atoms with Crippen molar-refractivity contribution in [1.82, 2.24) is 30.6 Å². The lowest BCUT2D eigenvalue weighted by Crippen LogP contribution is -2.37. The third-order valence-electron chi connectivity index (χ3n) is 5.65. The predicted octanol–water partition coefficient (Wildman–Crippen LogP) is 3.17. The Balaban J connectivity index is 1.39. The minimum absolute atomic E-state index is 0.190. The Morgan fingerprint density at radius 1 is 1.10 bits per heavy atom. The average molecular weight is 393 g/mol. The first-order valence-corrected chi connectivity index (χ1v) is 10.5. The zero-order valence-electron chi connectivity index (χ0n) is 16.9. The summed E-state index contributed by atoms with van der Waals surface area (Å²) in [4.78, 5) is 17.1. The molecule has 0 saturated heterocycles. The molecule has 0 atom stereocenters. The normalized spacial score (nSPS) is 15.3. The molecule has 1 aliphatic rings. The Kier molecular flexibility index (Phi) is 6.14. The van der Waals surface area contributed by atoms with E-state index < -0.39 is 0 Å². The highest BCUT2D eigenvalue weighted by atomic mass is 16.2. The van der Waals surface area contributed by atoms with Gasteiger partial charge in [0.1, 0.15) is 0 Å². The van der Waals surface area contributed by atoms with Crippen LogP contribution in [0.1, 0.15) is 54.7 Å². The summed E-state index contributed by atoms with van der Waals surface area (Å²) in [6, 6.07) is 10.4. The van der Waals surface area contributed by atoms with Crippen LogP contribution in [0.4, 0.5) is 0 Å². The monoisotopic (exact) mass is 392 g/mol. The van der Waals surface area contributed by atoms with Crippen LogP contribution >= 0.6 is 0 Å². The van der Waals surface area contributed by atoms with Gasteiger partial charge in [0.15, 0.2) is 5.69 Å². The van der Waals surface area contributed by atoms with E-state index in [1.807, 2.05) is 37.3 Å². The molecule has 2 heterocycles. The lowest BCUT2D eigenvalue weighted by Gasteiger charge is -2.16. The van der Waals surface area contributed by atoms with Crippen molar-refractivity contribution in [2.24, 2.45) is 0 Å². The highest BCUT2D eigenvalue weighted by Gasteiger charge is 2.18. The minimum atomic E-state index is -0.190.